The van der Waals surface area contributed by atoms with E-state index in [-0.39, 0.29) is 6.42 Å². The second kappa shape index (κ2) is 4.84. The van der Waals surface area contributed by atoms with Gasteiger partial charge in [0.05, 0.1) is 0 Å². The first-order valence-electron chi connectivity index (χ1n) is 6.31. The van der Waals surface area contributed by atoms with E-state index in [0.29, 0.717) is 12.5 Å². The highest BCUT2D eigenvalue weighted by Gasteiger charge is 2.11. The van der Waals surface area contributed by atoms with Crippen LogP contribution in [-0.2, 0) is 11.2 Å². The fourth-order valence-corrected chi connectivity index (χ4v) is 2.30. The van der Waals surface area contributed by atoms with E-state index in [2.05, 4.69) is 49.7 Å². The zero-order valence-electron chi connectivity index (χ0n) is 11.1. The monoisotopic (exact) mass is 245 g/mol. The second-order valence-electron chi connectivity index (χ2n) is 5.07. The highest BCUT2D eigenvalue weighted by atomic mass is 16.4. The molecule has 0 aliphatic carbocycles. The van der Waals surface area contributed by atoms with Crippen LogP contribution in [0.2, 0.25) is 0 Å². The highest BCUT2D eigenvalue weighted by Crippen LogP contribution is 2.26. The Morgan fingerprint density at radius 3 is 2.72 bits per heavy atom. The predicted octanol–water partition coefficient (Wildman–Crippen LogP) is 3.55. The van der Waals surface area contributed by atoms with Gasteiger partial charge < -0.3 is 9.67 Å². The van der Waals surface area contributed by atoms with Crippen LogP contribution in [0, 0.1) is 6.92 Å². The molecule has 2 aromatic rings. The number of hydrogen-bond acceptors (Lipinski definition) is 1. The minimum atomic E-state index is -0.743. The van der Waals surface area contributed by atoms with Gasteiger partial charge >= 0.3 is 5.97 Å². The van der Waals surface area contributed by atoms with Crippen LogP contribution in [0.4, 0.5) is 0 Å². The Morgan fingerprint density at radius 1 is 1.39 bits per heavy atom. The van der Waals surface area contributed by atoms with Crippen LogP contribution in [0.5, 0.6) is 0 Å². The Balaban J connectivity index is 2.50. The number of aromatic nitrogens is 1. The van der Waals surface area contributed by atoms with Crippen molar-refractivity contribution in [3.63, 3.8) is 0 Å². The van der Waals surface area contributed by atoms with Crippen molar-refractivity contribution < 1.29 is 9.90 Å². The summed E-state index contributed by atoms with van der Waals surface area (Å²) in [6.07, 6.45) is 2.87. The fraction of sp³-hybridized carbons (Fsp3) is 0.400. The predicted molar refractivity (Wildman–Crippen MR) is 73.0 cm³/mol. The molecule has 0 aliphatic rings. The maximum atomic E-state index is 10.7. The van der Waals surface area contributed by atoms with E-state index in [0.717, 1.165) is 5.56 Å². The van der Waals surface area contributed by atoms with E-state index in [4.69, 9.17) is 5.11 Å². The van der Waals surface area contributed by atoms with Crippen LogP contribution in [0.1, 0.15) is 37.4 Å². The first-order chi connectivity index (χ1) is 8.49. The van der Waals surface area contributed by atoms with Crippen molar-refractivity contribution in [1.82, 2.24) is 4.57 Å². The van der Waals surface area contributed by atoms with E-state index >= 15 is 0 Å². The number of carboxylic acids is 1. The summed E-state index contributed by atoms with van der Waals surface area (Å²) in [5.41, 5.74) is 3.55. The molecule has 3 heteroatoms. The third kappa shape index (κ3) is 2.40. The Bertz CT molecular complexity index is 581. The third-order valence-corrected chi connectivity index (χ3v) is 3.24. The molecule has 1 N–H and O–H groups in total. The average Bonchev–Trinajstić information content (AvgIpc) is 2.64. The quantitative estimate of drug-likeness (QED) is 0.895. The summed E-state index contributed by atoms with van der Waals surface area (Å²) >= 11 is 0. The van der Waals surface area contributed by atoms with E-state index in [1.54, 1.807) is 0 Å². The normalized spacial score (nSPS) is 11.3. The van der Waals surface area contributed by atoms with E-state index < -0.39 is 5.97 Å². The Hall–Kier alpha value is -1.77. The molecule has 0 saturated carbocycles. The minimum absolute atomic E-state index is 0.186. The SMILES string of the molecule is Cc1ccc2c(CCC(=O)O)cn(C(C)C)c2c1. The third-order valence-electron chi connectivity index (χ3n) is 3.24. The lowest BCUT2D eigenvalue weighted by atomic mass is 10.1. The zero-order chi connectivity index (χ0) is 13.3. The number of rotatable bonds is 4. The van der Waals surface area contributed by atoms with Crippen LogP contribution in [-0.4, -0.2) is 15.6 Å². The molecular weight excluding hydrogens is 226 g/mol. The van der Waals surface area contributed by atoms with Gasteiger partial charge in [0.1, 0.15) is 0 Å². The number of aliphatic carboxylic acids is 1. The molecular formula is C15H19NO2. The van der Waals surface area contributed by atoms with Crippen LogP contribution < -0.4 is 0 Å². The molecule has 0 aliphatic heterocycles. The largest absolute Gasteiger partial charge is 0.481 e. The van der Waals surface area contributed by atoms with Crippen molar-refractivity contribution in [2.45, 2.75) is 39.7 Å². The average molecular weight is 245 g/mol. The maximum Gasteiger partial charge on any atom is 0.303 e. The van der Waals surface area contributed by atoms with Crippen LogP contribution in [0.25, 0.3) is 10.9 Å². The number of carboxylic acid groups (broad SMARTS) is 1. The molecule has 18 heavy (non-hydrogen) atoms. The van der Waals surface area contributed by atoms with Gasteiger partial charge in [-0.3, -0.25) is 4.79 Å². The van der Waals surface area contributed by atoms with Gasteiger partial charge in [0.2, 0.25) is 0 Å². The summed E-state index contributed by atoms with van der Waals surface area (Å²) in [6, 6.07) is 6.73. The highest BCUT2D eigenvalue weighted by molar-refractivity contribution is 5.85. The molecule has 1 heterocycles. The second-order valence-corrected chi connectivity index (χ2v) is 5.07. The molecule has 0 amide bonds. The number of aryl methyl sites for hydroxylation is 2. The lowest BCUT2D eigenvalue weighted by molar-refractivity contribution is -0.136. The molecule has 0 radical (unpaired) electrons. The van der Waals surface area contributed by atoms with E-state index in [1.807, 2.05) is 0 Å². The van der Waals surface area contributed by atoms with Gasteiger partial charge in [-0.1, -0.05) is 12.1 Å². The van der Waals surface area contributed by atoms with E-state index in [1.165, 1.54) is 16.5 Å². The number of carbonyl (C=O) groups is 1. The van der Waals surface area contributed by atoms with E-state index in [9.17, 15) is 4.79 Å². The fourth-order valence-electron chi connectivity index (χ4n) is 2.30. The zero-order valence-corrected chi connectivity index (χ0v) is 11.1. The molecule has 96 valence electrons. The molecule has 1 aromatic carbocycles. The molecule has 0 saturated heterocycles. The minimum Gasteiger partial charge on any atom is -0.481 e. The van der Waals surface area contributed by atoms with Crippen LogP contribution in [0.15, 0.2) is 24.4 Å². The topological polar surface area (TPSA) is 42.2 Å². The van der Waals surface area contributed by atoms with Gasteiger partial charge in [-0.15, -0.1) is 0 Å². The Kier molecular flexibility index (Phi) is 3.41. The molecule has 0 bridgehead atoms. The van der Waals surface area contributed by atoms with Gasteiger partial charge in [-0.05, 0) is 44.4 Å². The summed E-state index contributed by atoms with van der Waals surface area (Å²) in [6.45, 7) is 6.36. The van der Waals surface area contributed by atoms with Crippen molar-refractivity contribution >= 4 is 16.9 Å². The lowest BCUT2D eigenvalue weighted by Crippen LogP contribution is -1.99. The lowest BCUT2D eigenvalue weighted by Gasteiger charge is -2.09. The Labute approximate surface area is 107 Å². The summed E-state index contributed by atoms with van der Waals surface area (Å²) in [5, 5.41) is 9.98. The first kappa shape index (κ1) is 12.7. The standard InChI is InChI=1S/C15H19NO2/c1-10(2)16-9-12(5-7-15(17)18)13-6-4-11(3)8-14(13)16/h4,6,8-10H,5,7H2,1-3H3,(H,17,18). The Morgan fingerprint density at radius 2 is 2.11 bits per heavy atom. The summed E-state index contributed by atoms with van der Waals surface area (Å²) in [4.78, 5) is 10.7. The number of benzene rings is 1. The molecule has 2 rings (SSSR count). The van der Waals surface area contributed by atoms with Crippen molar-refractivity contribution in [2.75, 3.05) is 0 Å². The van der Waals surface area contributed by atoms with Gasteiger partial charge in [-0.2, -0.15) is 0 Å². The molecule has 1 aromatic heterocycles. The smallest absolute Gasteiger partial charge is 0.303 e. The molecule has 0 spiro atoms. The summed E-state index contributed by atoms with van der Waals surface area (Å²) < 4.78 is 2.22. The van der Waals surface area contributed by atoms with Gasteiger partial charge in [0.15, 0.2) is 0 Å². The molecule has 3 nitrogen and oxygen atoms in total. The van der Waals surface area contributed by atoms with Crippen molar-refractivity contribution in [3.8, 4) is 0 Å². The van der Waals surface area contributed by atoms with Crippen LogP contribution >= 0.6 is 0 Å². The van der Waals surface area contributed by atoms with Gasteiger partial charge in [0.25, 0.3) is 0 Å². The number of nitrogens with zero attached hydrogens (tertiary/aromatic N) is 1. The molecule has 0 unspecified atom stereocenters. The first-order valence-corrected chi connectivity index (χ1v) is 6.31. The summed E-state index contributed by atoms with van der Waals surface area (Å²) in [5.74, 6) is -0.743. The van der Waals surface area contributed by atoms with Gasteiger partial charge in [-0.25, -0.2) is 0 Å². The van der Waals surface area contributed by atoms with Gasteiger partial charge in [0, 0.05) is 29.6 Å². The van der Waals surface area contributed by atoms with Crippen LogP contribution in [0.3, 0.4) is 0 Å². The molecule has 0 atom stereocenters. The maximum absolute atomic E-state index is 10.7. The summed E-state index contributed by atoms with van der Waals surface area (Å²) in [7, 11) is 0. The molecule has 0 fully saturated rings. The number of fused-ring (bicyclic) bond motifs is 1. The number of hydrogen-bond donors (Lipinski definition) is 1. The van der Waals surface area contributed by atoms with Crippen molar-refractivity contribution in [3.05, 3.63) is 35.5 Å². The van der Waals surface area contributed by atoms with Crippen molar-refractivity contribution in [1.29, 1.82) is 0 Å². The van der Waals surface area contributed by atoms with Crippen molar-refractivity contribution in [2.24, 2.45) is 0 Å².